The maximum Gasteiger partial charge on any atom is 0.355 e. The van der Waals surface area contributed by atoms with Gasteiger partial charge in [0.1, 0.15) is 34.9 Å². The monoisotopic (exact) mass is 1620 g/mol. The molecule has 14 rings (SSSR count). The van der Waals surface area contributed by atoms with Gasteiger partial charge in [-0.05, 0) is 157 Å². The molecule has 0 radical (unpaired) electrons. The number of nitrogens with zero attached hydrogens (tertiary/aromatic N) is 18. The molecule has 10 aromatic rings. The highest BCUT2D eigenvalue weighted by Crippen LogP contribution is 2.41. The van der Waals surface area contributed by atoms with Gasteiger partial charge < -0.3 is 39.2 Å². The number of amides is 3. The zero-order valence-corrected chi connectivity index (χ0v) is 69.9. The molecule has 4 saturated heterocycles. The van der Waals surface area contributed by atoms with Gasteiger partial charge in [-0.3, -0.25) is 19.5 Å². The van der Waals surface area contributed by atoms with Crippen LogP contribution in [-0.4, -0.2) is 189 Å². The summed E-state index contributed by atoms with van der Waals surface area (Å²) in [4.78, 5) is 122. The van der Waals surface area contributed by atoms with Gasteiger partial charge in [0.15, 0.2) is 16.9 Å². The van der Waals surface area contributed by atoms with E-state index in [4.69, 9.17) is 49.8 Å². The molecule has 4 fully saturated rings. The number of aryl methyl sites for hydroxylation is 2. The fourth-order valence-electron chi connectivity index (χ4n) is 15.9. The third kappa shape index (κ3) is 16.7. The van der Waals surface area contributed by atoms with E-state index in [1.165, 1.54) is 35.3 Å². The summed E-state index contributed by atoms with van der Waals surface area (Å²) in [5.74, 6) is 2.39. The lowest BCUT2D eigenvalue weighted by atomic mass is 10.0. The minimum absolute atomic E-state index is 0.0582. The van der Waals surface area contributed by atoms with Gasteiger partial charge in [0.2, 0.25) is 17.7 Å². The molecule has 29 heteroatoms. The first-order valence-corrected chi connectivity index (χ1v) is 40.6. The van der Waals surface area contributed by atoms with Crippen LogP contribution in [0.4, 0.5) is 33.5 Å². The first kappa shape index (κ1) is 83.6. The summed E-state index contributed by atoms with van der Waals surface area (Å²) < 4.78 is 19.5. The molecule has 0 saturated carbocycles. The first-order valence-electron chi connectivity index (χ1n) is 39.5. The number of anilines is 5. The van der Waals surface area contributed by atoms with Crippen LogP contribution in [-0.2, 0) is 27.2 Å². The molecule has 0 aliphatic carbocycles. The minimum Gasteiger partial charge on any atom is -0.356 e. The number of H-pyrrole nitrogens is 1. The summed E-state index contributed by atoms with van der Waals surface area (Å²) in [7, 11) is 1.94. The standard InChI is InChI=1S/C30H37ClN6O2.C28H29ClFN7O2.C28H35ClN6O2/c1-6-26(38)34-15-16-36(21(5)18-34)27-23-17-24(31)29(35-14-10-9-11-20(35)4)32-28(23)37(30(39)33-27)25-13-8-7-12-22(25)19(2)3;1-5-21-25(22(6-2)34-33-21)37-27-18(14-19(29)24(31-27)17-10-8-9-11-20(17)30)26(32-28(37)39)36-13-12-35(15-16(36)4)23(38)7-3;1-8-24(36)33-13-14-34(19(6)16-33)25-21-15-22(29)27(32(7)18(4)5)30-26(21)35(28(37)31-25)23-12-10-9-11-20(23)17(2)3/h6-8,12-13,17,19-21H,1,9-11,14-16,18H2,2-5H3;7-11,14,16H,3,5-6,12-13,15H2,1-2,4H3,(H,33,34);8-12,15,17-19H,1,13-14,16H2,2-7H3/t;16-;19-/m.00/s1. The third-order valence-corrected chi connectivity index (χ3v) is 23.1. The quantitative estimate of drug-likeness (QED) is 0.0832. The number of aromatic nitrogens is 11. The van der Waals surface area contributed by atoms with Crippen molar-refractivity contribution in [3.8, 4) is 28.3 Å². The Bertz CT molecular complexity index is 5570. The van der Waals surface area contributed by atoms with Crippen molar-refractivity contribution in [2.45, 2.75) is 157 Å². The number of hydrogen-bond acceptors (Lipinski definition) is 18. The van der Waals surface area contributed by atoms with Gasteiger partial charge in [-0.15, -0.1) is 0 Å². The highest BCUT2D eigenvalue weighted by molar-refractivity contribution is 6.35. The first-order chi connectivity index (χ1) is 55.0. The van der Waals surface area contributed by atoms with Crippen molar-refractivity contribution in [2.24, 2.45) is 0 Å². The van der Waals surface area contributed by atoms with Gasteiger partial charge in [0.05, 0.1) is 65.4 Å². The normalized spacial score (nSPS) is 17.3. The van der Waals surface area contributed by atoms with Crippen LogP contribution >= 0.6 is 34.8 Å². The topological polar surface area (TPSA) is 249 Å². The van der Waals surface area contributed by atoms with Crippen molar-refractivity contribution < 1.29 is 18.8 Å². The van der Waals surface area contributed by atoms with Crippen molar-refractivity contribution in [1.82, 2.24) is 68.5 Å². The number of carbonyl (C=O) groups excluding carboxylic acids is 3. The van der Waals surface area contributed by atoms with Crippen molar-refractivity contribution in [1.29, 1.82) is 0 Å². The molecule has 2 unspecified atom stereocenters. The van der Waals surface area contributed by atoms with Crippen molar-refractivity contribution in [3.63, 3.8) is 0 Å². The highest BCUT2D eigenvalue weighted by Gasteiger charge is 2.36. The lowest BCUT2D eigenvalue weighted by molar-refractivity contribution is -0.127. The summed E-state index contributed by atoms with van der Waals surface area (Å²) in [6.45, 7) is 40.8. The Kier molecular flexibility index (Phi) is 25.8. The minimum atomic E-state index is -0.533. The highest BCUT2D eigenvalue weighted by atomic mass is 35.5. The fourth-order valence-corrected chi connectivity index (χ4v) is 16.7. The van der Waals surface area contributed by atoms with Crippen LogP contribution in [0.15, 0.2) is 143 Å². The van der Waals surface area contributed by atoms with Crippen LogP contribution < -0.4 is 41.6 Å². The van der Waals surface area contributed by atoms with E-state index in [1.807, 2.05) is 112 Å². The molecule has 115 heavy (non-hydrogen) atoms. The van der Waals surface area contributed by atoms with E-state index in [2.05, 4.69) is 108 Å². The van der Waals surface area contributed by atoms with Crippen LogP contribution in [0.5, 0.6) is 0 Å². The molecule has 25 nitrogen and oxygen atoms in total. The Balaban J connectivity index is 0.000000159. The van der Waals surface area contributed by atoms with Crippen LogP contribution in [0.3, 0.4) is 0 Å². The van der Waals surface area contributed by atoms with E-state index in [0.717, 1.165) is 53.0 Å². The number of nitrogens with one attached hydrogen (secondary N) is 1. The molecular formula is C86H101Cl3FN19O6. The zero-order valence-electron chi connectivity index (χ0n) is 67.7. The summed E-state index contributed by atoms with van der Waals surface area (Å²) in [6, 6.07) is 27.7. The molecule has 1 N–H and O–H groups in total. The molecule has 7 aromatic heterocycles. The van der Waals surface area contributed by atoms with Gasteiger partial charge >= 0.3 is 17.1 Å². The summed E-state index contributed by atoms with van der Waals surface area (Å²) in [5.41, 5.74) is 6.16. The lowest BCUT2D eigenvalue weighted by Crippen LogP contribution is -2.54. The average Bonchev–Trinajstić information content (AvgIpc) is 1.73. The smallest absolute Gasteiger partial charge is 0.355 e. The van der Waals surface area contributed by atoms with Gasteiger partial charge in [0, 0.05) is 108 Å². The SMILES string of the molecule is C=CC(=O)N1CCN(c2nc(=O)n(-c3c(CC)n[nH]c3CC)c3nc(-c4ccccc4F)c(Cl)cc23)[C@@H](C)C1.C=CC(=O)N1CCN(c2nc(=O)n(-c3ccccc3C(C)C)c3nc(N(C)C(C)C)c(Cl)cc23)[C@@H](C)C1.C=CC(=O)N1CCN(c2nc(=O)n(-c3ccccc3C(C)C)c3nc(N4CCCCC4C)c(Cl)cc23)C(C)C1. The number of piperazine rings is 3. The van der Waals surface area contributed by atoms with Crippen LogP contribution in [0.25, 0.3) is 61.4 Å². The number of halogens is 4. The molecule has 4 aliphatic rings. The summed E-state index contributed by atoms with van der Waals surface area (Å²) in [6.07, 6.45) is 8.49. The number of piperidine rings is 1. The summed E-state index contributed by atoms with van der Waals surface area (Å²) >= 11 is 20.5. The molecule has 604 valence electrons. The van der Waals surface area contributed by atoms with E-state index < -0.39 is 17.2 Å². The number of carbonyl (C=O) groups is 3. The van der Waals surface area contributed by atoms with Gasteiger partial charge in [-0.25, -0.2) is 47.4 Å². The average molecular weight is 1620 g/mol. The Morgan fingerprint density at radius 3 is 1.38 bits per heavy atom. The van der Waals surface area contributed by atoms with Crippen molar-refractivity contribution >= 4 is 115 Å². The molecular weight excluding hydrogens is 1520 g/mol. The number of aromatic amines is 1. The predicted octanol–water partition coefficient (Wildman–Crippen LogP) is 14.1. The molecule has 3 amide bonds. The number of fused-ring (bicyclic) bond motifs is 3. The van der Waals surface area contributed by atoms with Gasteiger partial charge in [-0.1, -0.05) is 145 Å². The fraction of sp³-hybridized carbons (Fsp3) is 0.407. The Morgan fingerprint density at radius 1 is 0.522 bits per heavy atom. The van der Waals surface area contributed by atoms with Gasteiger partial charge in [-0.2, -0.15) is 20.1 Å². The second-order valence-corrected chi connectivity index (χ2v) is 31.8. The number of rotatable bonds is 17. The third-order valence-electron chi connectivity index (χ3n) is 22.2. The summed E-state index contributed by atoms with van der Waals surface area (Å²) in [5, 5.41) is 10.7. The molecule has 0 bridgehead atoms. The zero-order chi connectivity index (χ0) is 82.7. The number of hydrogen-bond donors (Lipinski definition) is 1. The Morgan fingerprint density at radius 2 is 0.948 bits per heavy atom. The molecule has 3 aromatic carbocycles. The van der Waals surface area contributed by atoms with Gasteiger partial charge in [0.25, 0.3) is 0 Å². The van der Waals surface area contributed by atoms with E-state index in [0.29, 0.717) is 156 Å². The lowest BCUT2D eigenvalue weighted by Gasteiger charge is -2.40. The van der Waals surface area contributed by atoms with E-state index >= 15 is 0 Å². The van der Waals surface area contributed by atoms with Crippen LogP contribution in [0.2, 0.25) is 15.1 Å². The number of para-hydroxylation sites is 2. The van der Waals surface area contributed by atoms with Crippen LogP contribution in [0, 0.1) is 5.82 Å². The van der Waals surface area contributed by atoms with Crippen LogP contribution in [0.1, 0.15) is 137 Å². The second-order valence-electron chi connectivity index (χ2n) is 30.6. The molecule has 4 aliphatic heterocycles. The molecule has 11 heterocycles. The second kappa shape index (κ2) is 35.5. The Labute approximate surface area is 684 Å². The van der Waals surface area contributed by atoms with Crippen molar-refractivity contribution in [3.05, 3.63) is 204 Å². The maximum atomic E-state index is 14.9. The maximum absolute atomic E-state index is 14.9. The molecule has 4 atom stereocenters. The molecule has 0 spiro atoms. The Hall–Kier alpha value is -10.8. The van der Waals surface area contributed by atoms with E-state index in [1.54, 1.807) is 48.1 Å². The van der Waals surface area contributed by atoms with E-state index in [-0.39, 0.29) is 75.7 Å². The van der Waals surface area contributed by atoms with Crippen molar-refractivity contribution in [2.75, 3.05) is 97.0 Å². The number of benzene rings is 3. The largest absolute Gasteiger partial charge is 0.356 e. The van der Waals surface area contributed by atoms with E-state index in [9.17, 15) is 33.2 Å². The number of pyridine rings is 3. The predicted molar refractivity (Wildman–Crippen MR) is 460 cm³/mol.